The van der Waals surface area contributed by atoms with Gasteiger partial charge in [0.1, 0.15) is 5.82 Å². The van der Waals surface area contributed by atoms with Crippen LogP contribution in [0.25, 0.3) is 0 Å². The second-order valence-corrected chi connectivity index (χ2v) is 6.52. The average molecular weight is 321 g/mol. The van der Waals surface area contributed by atoms with Gasteiger partial charge in [0.15, 0.2) is 0 Å². The van der Waals surface area contributed by atoms with Crippen LogP contribution in [0.4, 0.5) is 17.6 Å². The molecule has 0 aliphatic carbocycles. The molecule has 1 heterocycles. The second-order valence-electron chi connectivity index (χ2n) is 5.18. The molecule has 2 unspecified atom stereocenters. The molecule has 1 N–H and O–H groups in total. The van der Waals surface area contributed by atoms with Gasteiger partial charge in [0.2, 0.25) is 0 Å². The molecule has 2 atom stereocenters. The molecular formula is C15H19F4NS. The molecule has 1 fully saturated rings. The first kappa shape index (κ1) is 16.6. The average Bonchev–Trinajstić information content (AvgIpc) is 2.44. The lowest BCUT2D eigenvalue weighted by atomic mass is 9.98. The maximum atomic E-state index is 13.8. The Morgan fingerprint density at radius 2 is 2.10 bits per heavy atom. The summed E-state index contributed by atoms with van der Waals surface area (Å²) in [7, 11) is 0. The van der Waals surface area contributed by atoms with E-state index in [2.05, 4.69) is 5.32 Å². The first-order valence-corrected chi connectivity index (χ1v) is 8.20. The topological polar surface area (TPSA) is 12.0 Å². The van der Waals surface area contributed by atoms with Crippen molar-refractivity contribution in [2.75, 3.05) is 12.3 Å². The van der Waals surface area contributed by atoms with Gasteiger partial charge < -0.3 is 5.32 Å². The van der Waals surface area contributed by atoms with E-state index in [1.54, 1.807) is 0 Å². The number of halogens is 4. The molecule has 1 aromatic carbocycles. The zero-order valence-electron chi connectivity index (χ0n) is 11.8. The smallest absolute Gasteiger partial charge is 0.309 e. The molecule has 21 heavy (non-hydrogen) atoms. The summed E-state index contributed by atoms with van der Waals surface area (Å²) >= 11 is 1.81. The molecule has 1 nitrogen and oxygen atoms in total. The van der Waals surface area contributed by atoms with Crippen molar-refractivity contribution >= 4 is 11.8 Å². The highest BCUT2D eigenvalue weighted by Gasteiger charge is 2.35. The first-order chi connectivity index (χ1) is 9.93. The SMILES string of the molecule is CCNC(c1ccc(C(F)(F)F)c(F)c1)C1CCCCS1. The molecule has 1 aliphatic rings. The number of benzene rings is 1. The van der Waals surface area contributed by atoms with Gasteiger partial charge in [-0.25, -0.2) is 4.39 Å². The zero-order valence-corrected chi connectivity index (χ0v) is 12.7. The van der Waals surface area contributed by atoms with E-state index in [-0.39, 0.29) is 11.3 Å². The molecule has 2 rings (SSSR count). The number of alkyl halides is 3. The van der Waals surface area contributed by atoms with E-state index >= 15 is 0 Å². The van der Waals surface area contributed by atoms with E-state index in [0.717, 1.165) is 30.7 Å². The van der Waals surface area contributed by atoms with Crippen LogP contribution in [0.1, 0.15) is 43.4 Å². The van der Waals surface area contributed by atoms with Crippen molar-refractivity contribution < 1.29 is 17.6 Å². The van der Waals surface area contributed by atoms with E-state index in [4.69, 9.17) is 0 Å². The second kappa shape index (κ2) is 7.01. The number of hydrogen-bond donors (Lipinski definition) is 1. The lowest BCUT2D eigenvalue weighted by Crippen LogP contribution is -2.32. The van der Waals surface area contributed by atoms with Gasteiger partial charge in [-0.3, -0.25) is 0 Å². The third kappa shape index (κ3) is 4.13. The van der Waals surface area contributed by atoms with Gasteiger partial charge >= 0.3 is 6.18 Å². The Morgan fingerprint density at radius 3 is 2.62 bits per heavy atom. The summed E-state index contributed by atoms with van der Waals surface area (Å²) < 4.78 is 51.6. The van der Waals surface area contributed by atoms with Crippen LogP contribution in [0.15, 0.2) is 18.2 Å². The lowest BCUT2D eigenvalue weighted by Gasteiger charge is -2.31. The van der Waals surface area contributed by atoms with Crippen molar-refractivity contribution in [2.45, 2.75) is 43.7 Å². The van der Waals surface area contributed by atoms with Crippen LogP contribution in [0.2, 0.25) is 0 Å². The van der Waals surface area contributed by atoms with Crippen molar-refractivity contribution in [2.24, 2.45) is 0 Å². The minimum Gasteiger partial charge on any atom is -0.309 e. The summed E-state index contributed by atoms with van der Waals surface area (Å²) in [5, 5.41) is 3.57. The molecule has 6 heteroatoms. The van der Waals surface area contributed by atoms with Crippen LogP contribution in [-0.2, 0) is 6.18 Å². The molecule has 0 saturated carbocycles. The molecule has 0 bridgehead atoms. The fourth-order valence-corrected chi connectivity index (χ4v) is 4.12. The molecular weight excluding hydrogens is 302 g/mol. The van der Waals surface area contributed by atoms with Crippen molar-refractivity contribution in [3.05, 3.63) is 35.1 Å². The van der Waals surface area contributed by atoms with E-state index in [0.29, 0.717) is 12.1 Å². The highest BCUT2D eigenvalue weighted by atomic mass is 32.2. The molecule has 0 spiro atoms. The van der Waals surface area contributed by atoms with Gasteiger partial charge in [-0.15, -0.1) is 0 Å². The maximum absolute atomic E-state index is 13.8. The number of rotatable bonds is 4. The molecule has 1 saturated heterocycles. The third-order valence-corrected chi connectivity index (χ3v) is 5.13. The van der Waals surface area contributed by atoms with E-state index in [9.17, 15) is 17.6 Å². The van der Waals surface area contributed by atoms with Gasteiger partial charge in [-0.2, -0.15) is 24.9 Å². The fraction of sp³-hybridized carbons (Fsp3) is 0.600. The van der Waals surface area contributed by atoms with Crippen molar-refractivity contribution in [1.29, 1.82) is 0 Å². The van der Waals surface area contributed by atoms with E-state index < -0.39 is 17.6 Å². The Kier molecular flexibility index (Phi) is 5.54. The highest BCUT2D eigenvalue weighted by molar-refractivity contribution is 8.00. The van der Waals surface area contributed by atoms with Gasteiger partial charge in [-0.05, 0) is 42.8 Å². The molecule has 0 radical (unpaired) electrons. The van der Waals surface area contributed by atoms with Crippen LogP contribution >= 0.6 is 11.8 Å². The highest BCUT2D eigenvalue weighted by Crippen LogP contribution is 2.37. The van der Waals surface area contributed by atoms with Crippen molar-refractivity contribution in [3.63, 3.8) is 0 Å². The van der Waals surface area contributed by atoms with Crippen molar-refractivity contribution in [3.8, 4) is 0 Å². The summed E-state index contributed by atoms with van der Waals surface area (Å²) in [6.07, 6.45) is -1.36. The predicted octanol–water partition coefficient (Wildman–Crippen LogP) is 4.78. The van der Waals surface area contributed by atoms with Crippen LogP contribution in [0, 0.1) is 5.82 Å². The quantitative estimate of drug-likeness (QED) is 0.801. The van der Waals surface area contributed by atoms with Crippen LogP contribution in [-0.4, -0.2) is 17.5 Å². The monoisotopic (exact) mass is 321 g/mol. The molecule has 118 valence electrons. The Balaban J connectivity index is 2.26. The Hall–Kier alpha value is -0.750. The Bertz CT molecular complexity index is 469. The number of thioether (sulfide) groups is 1. The third-order valence-electron chi connectivity index (χ3n) is 3.67. The van der Waals surface area contributed by atoms with Gasteiger partial charge in [0, 0.05) is 11.3 Å². The van der Waals surface area contributed by atoms with E-state index in [1.165, 1.54) is 12.5 Å². The first-order valence-electron chi connectivity index (χ1n) is 7.15. The number of nitrogens with one attached hydrogen (secondary N) is 1. The normalized spacial score (nSPS) is 21.3. The molecule has 1 aromatic rings. The fourth-order valence-electron chi connectivity index (χ4n) is 2.67. The minimum atomic E-state index is -4.64. The van der Waals surface area contributed by atoms with Crippen LogP contribution < -0.4 is 5.32 Å². The van der Waals surface area contributed by atoms with Gasteiger partial charge in [0.05, 0.1) is 5.56 Å². The van der Waals surface area contributed by atoms with Gasteiger partial charge in [0.25, 0.3) is 0 Å². The largest absolute Gasteiger partial charge is 0.419 e. The molecule has 0 aromatic heterocycles. The Morgan fingerprint density at radius 1 is 1.33 bits per heavy atom. The Labute approximate surface area is 126 Å². The van der Waals surface area contributed by atoms with Crippen LogP contribution in [0.3, 0.4) is 0 Å². The standard InChI is InChI=1S/C15H19F4NS/c1-2-20-14(13-5-3-4-8-21-13)10-6-7-11(12(16)9-10)15(17,18)19/h6-7,9,13-14,20H,2-5,8H2,1H3. The minimum absolute atomic E-state index is 0.0999. The molecule has 0 amide bonds. The van der Waals surface area contributed by atoms with E-state index in [1.807, 2.05) is 18.7 Å². The summed E-state index contributed by atoms with van der Waals surface area (Å²) in [5.74, 6) is -0.140. The lowest BCUT2D eigenvalue weighted by molar-refractivity contribution is -0.140. The maximum Gasteiger partial charge on any atom is 0.419 e. The number of hydrogen-bond acceptors (Lipinski definition) is 2. The van der Waals surface area contributed by atoms with Gasteiger partial charge in [-0.1, -0.05) is 19.4 Å². The van der Waals surface area contributed by atoms with Crippen LogP contribution in [0.5, 0.6) is 0 Å². The van der Waals surface area contributed by atoms with Crippen molar-refractivity contribution in [1.82, 2.24) is 5.32 Å². The summed E-state index contributed by atoms with van der Waals surface area (Å²) in [6.45, 7) is 2.64. The summed E-state index contributed by atoms with van der Waals surface area (Å²) in [5.41, 5.74) is -0.598. The summed E-state index contributed by atoms with van der Waals surface area (Å²) in [6, 6.07) is 3.18. The predicted molar refractivity (Wildman–Crippen MR) is 77.9 cm³/mol. The molecule has 1 aliphatic heterocycles. The zero-order chi connectivity index (χ0) is 15.5. The summed E-state index contributed by atoms with van der Waals surface area (Å²) in [4.78, 5) is 0.